The first-order valence-corrected chi connectivity index (χ1v) is 7.46. The zero-order valence-corrected chi connectivity index (χ0v) is 11.6. The Morgan fingerprint density at radius 3 is 3.00 bits per heavy atom. The summed E-state index contributed by atoms with van der Waals surface area (Å²) in [5, 5.41) is 15.2. The molecule has 2 aromatic heterocycles. The first kappa shape index (κ1) is 12.8. The molecule has 102 valence electrons. The second-order valence-electron chi connectivity index (χ2n) is 5.12. The van der Waals surface area contributed by atoms with Crippen LogP contribution in [-0.4, -0.2) is 36.5 Å². The van der Waals surface area contributed by atoms with E-state index in [4.69, 9.17) is 4.74 Å². The van der Waals surface area contributed by atoms with Crippen molar-refractivity contribution in [3.8, 4) is 0 Å². The number of aliphatic hydroxyl groups excluding tert-OH is 1. The van der Waals surface area contributed by atoms with Gasteiger partial charge in [0.25, 0.3) is 0 Å². The van der Waals surface area contributed by atoms with Crippen LogP contribution in [0.1, 0.15) is 12.8 Å². The maximum absolute atomic E-state index is 9.69. The molecule has 1 saturated heterocycles. The highest BCUT2D eigenvalue weighted by Crippen LogP contribution is 2.32. The van der Waals surface area contributed by atoms with Gasteiger partial charge >= 0.3 is 0 Å². The number of nitrogens with zero attached hydrogens (tertiary/aromatic N) is 1. The van der Waals surface area contributed by atoms with Gasteiger partial charge in [-0.2, -0.15) is 0 Å². The van der Waals surface area contributed by atoms with E-state index in [-0.39, 0.29) is 12.0 Å². The minimum absolute atomic E-state index is 0.0505. The first-order chi connectivity index (χ1) is 9.33. The zero-order valence-electron chi connectivity index (χ0n) is 10.8. The molecule has 5 heteroatoms. The highest BCUT2D eigenvalue weighted by atomic mass is 32.1. The van der Waals surface area contributed by atoms with Gasteiger partial charge in [0.15, 0.2) is 0 Å². The maximum atomic E-state index is 9.69. The van der Waals surface area contributed by atoms with Gasteiger partial charge in [-0.1, -0.05) is 0 Å². The van der Waals surface area contributed by atoms with Crippen molar-refractivity contribution in [2.45, 2.75) is 12.8 Å². The van der Waals surface area contributed by atoms with Gasteiger partial charge in [0.1, 0.15) is 0 Å². The average Bonchev–Trinajstić information content (AvgIpc) is 2.95. The van der Waals surface area contributed by atoms with Crippen LogP contribution in [0.2, 0.25) is 0 Å². The minimum atomic E-state index is -0.0505. The molecule has 2 N–H and O–H groups in total. The Balaban J connectivity index is 1.76. The van der Waals surface area contributed by atoms with Gasteiger partial charge < -0.3 is 15.2 Å². The number of rotatable bonds is 4. The van der Waals surface area contributed by atoms with Crippen LogP contribution in [0.5, 0.6) is 0 Å². The van der Waals surface area contributed by atoms with E-state index in [2.05, 4.69) is 15.7 Å². The first-order valence-electron chi connectivity index (χ1n) is 6.58. The molecule has 19 heavy (non-hydrogen) atoms. The monoisotopic (exact) mass is 278 g/mol. The number of nitrogens with one attached hydrogen (secondary N) is 1. The lowest BCUT2D eigenvalue weighted by atomic mass is 9.81. The second kappa shape index (κ2) is 5.45. The van der Waals surface area contributed by atoms with E-state index in [1.165, 1.54) is 4.70 Å². The van der Waals surface area contributed by atoms with Gasteiger partial charge in [0.05, 0.1) is 22.5 Å². The van der Waals surface area contributed by atoms with Gasteiger partial charge in [-0.3, -0.25) is 4.98 Å². The molecule has 3 rings (SSSR count). The molecule has 0 bridgehead atoms. The Morgan fingerprint density at radius 2 is 2.21 bits per heavy atom. The van der Waals surface area contributed by atoms with E-state index in [1.54, 1.807) is 11.3 Å². The standard InChI is InChI=1S/C14H18N2O2S/c17-10-14(3-6-18-7-4-14)9-16-11-1-5-15-12-2-8-19-13(11)12/h1-2,5,8,17H,3-4,6-7,9-10H2,(H,15,16). The molecule has 2 aromatic rings. The van der Waals surface area contributed by atoms with Crippen molar-refractivity contribution >= 4 is 27.2 Å². The fourth-order valence-electron chi connectivity index (χ4n) is 2.49. The number of thiophene rings is 1. The average molecular weight is 278 g/mol. The number of aliphatic hydroxyl groups is 1. The number of hydrogen-bond donors (Lipinski definition) is 2. The third kappa shape index (κ3) is 2.59. The van der Waals surface area contributed by atoms with Crippen molar-refractivity contribution in [1.82, 2.24) is 4.98 Å². The number of aromatic nitrogens is 1. The van der Waals surface area contributed by atoms with Crippen molar-refractivity contribution in [2.75, 3.05) is 31.7 Å². The number of fused-ring (bicyclic) bond motifs is 1. The Hall–Kier alpha value is -1.17. The lowest BCUT2D eigenvalue weighted by Crippen LogP contribution is -2.39. The molecule has 1 aliphatic heterocycles. The van der Waals surface area contributed by atoms with Crippen LogP contribution in [0.3, 0.4) is 0 Å². The van der Waals surface area contributed by atoms with Crippen molar-refractivity contribution in [2.24, 2.45) is 5.41 Å². The molecule has 0 aliphatic carbocycles. The van der Waals surface area contributed by atoms with E-state index in [0.717, 1.165) is 43.8 Å². The molecule has 4 nitrogen and oxygen atoms in total. The van der Waals surface area contributed by atoms with Crippen LogP contribution in [0.15, 0.2) is 23.7 Å². The van der Waals surface area contributed by atoms with Crippen LogP contribution in [0.4, 0.5) is 5.69 Å². The molecule has 0 unspecified atom stereocenters. The topological polar surface area (TPSA) is 54.4 Å². The molecule has 3 heterocycles. The van der Waals surface area contributed by atoms with Crippen molar-refractivity contribution in [3.05, 3.63) is 23.7 Å². The minimum Gasteiger partial charge on any atom is -0.396 e. The summed E-state index contributed by atoms with van der Waals surface area (Å²) in [7, 11) is 0. The number of hydrogen-bond acceptors (Lipinski definition) is 5. The number of ether oxygens (including phenoxy) is 1. The molecule has 0 radical (unpaired) electrons. The molecular weight excluding hydrogens is 260 g/mol. The molecule has 1 aliphatic rings. The quantitative estimate of drug-likeness (QED) is 0.902. The van der Waals surface area contributed by atoms with Gasteiger partial charge in [-0.25, -0.2) is 0 Å². The smallest absolute Gasteiger partial charge is 0.0830 e. The number of pyridine rings is 1. The Morgan fingerprint density at radius 1 is 1.37 bits per heavy atom. The lowest BCUT2D eigenvalue weighted by Gasteiger charge is -2.35. The molecule has 0 spiro atoms. The predicted molar refractivity (Wildman–Crippen MR) is 77.7 cm³/mol. The van der Waals surface area contributed by atoms with Gasteiger partial charge in [0.2, 0.25) is 0 Å². The molecule has 1 fully saturated rings. The SMILES string of the molecule is OCC1(CNc2ccnc3ccsc23)CCOCC1. The summed E-state index contributed by atoms with van der Waals surface area (Å²) in [5.74, 6) is 0. The van der Waals surface area contributed by atoms with Crippen molar-refractivity contribution in [3.63, 3.8) is 0 Å². The third-order valence-corrected chi connectivity index (χ3v) is 4.82. The predicted octanol–water partition coefficient (Wildman–Crippen LogP) is 2.50. The van der Waals surface area contributed by atoms with Crippen molar-refractivity contribution < 1.29 is 9.84 Å². The van der Waals surface area contributed by atoms with Crippen LogP contribution in [0.25, 0.3) is 10.2 Å². The normalized spacial score (nSPS) is 18.6. The Kier molecular flexibility index (Phi) is 3.68. The molecule has 0 saturated carbocycles. The molecular formula is C14H18N2O2S. The summed E-state index contributed by atoms with van der Waals surface area (Å²) in [6.07, 6.45) is 3.65. The Labute approximate surface area is 116 Å². The van der Waals surface area contributed by atoms with Crippen molar-refractivity contribution in [1.29, 1.82) is 0 Å². The van der Waals surface area contributed by atoms with E-state index >= 15 is 0 Å². The van der Waals surface area contributed by atoms with Crippen LogP contribution in [-0.2, 0) is 4.74 Å². The van der Waals surface area contributed by atoms with Crippen LogP contribution in [0, 0.1) is 5.41 Å². The highest BCUT2D eigenvalue weighted by molar-refractivity contribution is 7.17. The second-order valence-corrected chi connectivity index (χ2v) is 6.03. The maximum Gasteiger partial charge on any atom is 0.0830 e. The lowest BCUT2D eigenvalue weighted by molar-refractivity contribution is -0.00856. The molecule has 0 atom stereocenters. The fourth-order valence-corrected chi connectivity index (χ4v) is 3.33. The number of anilines is 1. The summed E-state index contributed by atoms with van der Waals surface area (Å²) in [5.41, 5.74) is 2.09. The summed E-state index contributed by atoms with van der Waals surface area (Å²) >= 11 is 1.69. The van der Waals surface area contributed by atoms with E-state index in [9.17, 15) is 5.11 Å². The molecule has 0 aromatic carbocycles. The van der Waals surface area contributed by atoms with Crippen LogP contribution >= 0.6 is 11.3 Å². The highest BCUT2D eigenvalue weighted by Gasteiger charge is 2.31. The third-order valence-electron chi connectivity index (χ3n) is 3.89. The summed E-state index contributed by atoms with van der Waals surface area (Å²) < 4.78 is 6.57. The van der Waals surface area contributed by atoms with Gasteiger partial charge in [-0.05, 0) is 30.4 Å². The Bertz CT molecular complexity index is 549. The van der Waals surface area contributed by atoms with Gasteiger partial charge in [0, 0.05) is 31.4 Å². The summed E-state index contributed by atoms with van der Waals surface area (Å²) in [6.45, 7) is 2.48. The van der Waals surface area contributed by atoms with Gasteiger partial charge in [-0.15, -0.1) is 11.3 Å². The van der Waals surface area contributed by atoms with Crippen LogP contribution < -0.4 is 5.32 Å². The fraction of sp³-hybridized carbons (Fsp3) is 0.500. The summed E-state index contributed by atoms with van der Waals surface area (Å²) in [6, 6.07) is 4.03. The van der Waals surface area contributed by atoms with E-state index in [0.29, 0.717) is 0 Å². The van der Waals surface area contributed by atoms with E-state index in [1.807, 2.05) is 18.3 Å². The summed E-state index contributed by atoms with van der Waals surface area (Å²) in [4.78, 5) is 4.34. The largest absolute Gasteiger partial charge is 0.396 e. The van der Waals surface area contributed by atoms with E-state index < -0.39 is 0 Å². The molecule has 0 amide bonds. The zero-order chi connectivity index (χ0) is 13.1.